The van der Waals surface area contributed by atoms with E-state index in [9.17, 15) is 29.3 Å². The van der Waals surface area contributed by atoms with E-state index in [-0.39, 0.29) is 36.2 Å². The molecule has 17 heteroatoms. The number of H-pyrrole nitrogens is 1. The average Bonchev–Trinajstić information content (AvgIpc) is 3.73. The lowest BCUT2D eigenvalue weighted by atomic mass is 10.0. The van der Waals surface area contributed by atoms with Crippen LogP contribution in [0.25, 0.3) is 22.2 Å². The van der Waals surface area contributed by atoms with Gasteiger partial charge < -0.3 is 14.5 Å². The predicted octanol–water partition coefficient (Wildman–Crippen LogP) is 2.67. The highest BCUT2D eigenvalue weighted by molar-refractivity contribution is 6.23. The van der Waals surface area contributed by atoms with Gasteiger partial charge in [0.05, 0.1) is 34.8 Å². The number of fused-ring (bicyclic) bond motifs is 2. The smallest absolute Gasteiger partial charge is 0.270 e. The Morgan fingerprint density at radius 3 is 2.38 bits per heavy atom. The largest absolute Gasteiger partial charge is 0.379 e. The molecule has 0 radical (unpaired) electrons. The first-order chi connectivity index (χ1) is 27.0. The number of benzene rings is 2. The van der Waals surface area contributed by atoms with Gasteiger partial charge in [0.2, 0.25) is 11.8 Å². The van der Waals surface area contributed by atoms with Crippen molar-refractivity contribution >= 4 is 51.7 Å². The summed E-state index contributed by atoms with van der Waals surface area (Å²) in [5, 5.41) is 21.8. The van der Waals surface area contributed by atoms with Gasteiger partial charge in [0, 0.05) is 106 Å². The summed E-state index contributed by atoms with van der Waals surface area (Å²) in [5.41, 5.74) is 3.69. The van der Waals surface area contributed by atoms with Crippen LogP contribution in [0, 0.1) is 10.1 Å². The number of non-ortho nitro benzene ring substituents is 1. The fourth-order valence-electron chi connectivity index (χ4n) is 8.41. The number of aromatic nitrogens is 3. The quantitative estimate of drug-likeness (QED) is 0.0983. The van der Waals surface area contributed by atoms with Crippen molar-refractivity contribution in [3.63, 3.8) is 0 Å². The fraction of sp³-hybridized carbons (Fsp3) is 0.436. The third kappa shape index (κ3) is 7.20. The van der Waals surface area contributed by atoms with Gasteiger partial charge in [-0.2, -0.15) is 5.10 Å². The summed E-state index contributed by atoms with van der Waals surface area (Å²) in [6.45, 7) is 12.1. The van der Waals surface area contributed by atoms with E-state index < -0.39 is 34.6 Å². The van der Waals surface area contributed by atoms with Crippen LogP contribution < -0.4 is 15.1 Å². The summed E-state index contributed by atoms with van der Waals surface area (Å²) in [6.07, 6.45) is 1.98. The molecule has 3 saturated heterocycles. The van der Waals surface area contributed by atoms with E-state index >= 15 is 0 Å². The molecule has 4 amide bonds. The van der Waals surface area contributed by atoms with Gasteiger partial charge in [0.25, 0.3) is 17.5 Å². The number of imide groups is 2. The molecular formula is C39H44N10O7. The van der Waals surface area contributed by atoms with E-state index in [1.54, 1.807) is 30.5 Å². The number of nitrogens with zero attached hydrogens (tertiary/aromatic N) is 8. The zero-order valence-electron chi connectivity index (χ0n) is 31.3. The number of hydrogen-bond donors (Lipinski definition) is 2. The molecule has 292 valence electrons. The van der Waals surface area contributed by atoms with E-state index in [2.05, 4.69) is 53.9 Å². The minimum atomic E-state index is -0.980. The van der Waals surface area contributed by atoms with Crippen molar-refractivity contribution in [1.29, 1.82) is 0 Å². The lowest BCUT2D eigenvalue weighted by molar-refractivity contribution is -0.384. The molecule has 4 aromatic rings. The lowest BCUT2D eigenvalue weighted by Crippen LogP contribution is -2.57. The fourth-order valence-corrected chi connectivity index (χ4v) is 8.41. The lowest BCUT2D eigenvalue weighted by Gasteiger charge is -2.45. The van der Waals surface area contributed by atoms with E-state index in [1.807, 2.05) is 18.2 Å². The van der Waals surface area contributed by atoms with Gasteiger partial charge in [-0.3, -0.25) is 54.4 Å². The van der Waals surface area contributed by atoms with Crippen molar-refractivity contribution in [2.24, 2.45) is 0 Å². The third-order valence-electron chi connectivity index (χ3n) is 11.4. The molecule has 1 unspecified atom stereocenters. The third-order valence-corrected chi connectivity index (χ3v) is 11.4. The van der Waals surface area contributed by atoms with Crippen LogP contribution in [0.3, 0.4) is 0 Å². The summed E-state index contributed by atoms with van der Waals surface area (Å²) in [7, 11) is 0. The first-order valence-electron chi connectivity index (χ1n) is 19.1. The second-order valence-corrected chi connectivity index (χ2v) is 14.9. The summed E-state index contributed by atoms with van der Waals surface area (Å²) < 4.78 is 6.12. The number of piperazine rings is 2. The van der Waals surface area contributed by atoms with Gasteiger partial charge in [0.15, 0.2) is 0 Å². The van der Waals surface area contributed by atoms with Crippen molar-refractivity contribution in [2.75, 3.05) is 75.4 Å². The van der Waals surface area contributed by atoms with Crippen LogP contribution in [0.5, 0.6) is 0 Å². The van der Waals surface area contributed by atoms with Crippen LogP contribution in [-0.4, -0.2) is 142 Å². The zero-order valence-corrected chi connectivity index (χ0v) is 31.3. The van der Waals surface area contributed by atoms with Crippen LogP contribution in [0.15, 0.2) is 54.7 Å². The summed E-state index contributed by atoms with van der Waals surface area (Å²) in [4.78, 5) is 76.3. The molecule has 0 spiro atoms. The zero-order chi connectivity index (χ0) is 39.1. The summed E-state index contributed by atoms with van der Waals surface area (Å²) in [5.74, 6) is -1.17. The Morgan fingerprint density at radius 1 is 0.875 bits per heavy atom. The monoisotopic (exact) mass is 764 g/mol. The normalized spacial score (nSPS) is 22.2. The molecule has 3 fully saturated rings. The number of nitrogens with one attached hydrogen (secondary N) is 2. The van der Waals surface area contributed by atoms with E-state index in [0.29, 0.717) is 29.9 Å². The van der Waals surface area contributed by atoms with Gasteiger partial charge in [-0.25, -0.2) is 4.98 Å². The molecule has 4 aliphatic rings. The number of amides is 4. The molecule has 6 heterocycles. The number of carbonyl (C=O) groups is 4. The van der Waals surface area contributed by atoms with E-state index in [0.717, 1.165) is 79.8 Å². The van der Waals surface area contributed by atoms with Crippen LogP contribution in [0.4, 0.5) is 17.2 Å². The van der Waals surface area contributed by atoms with Gasteiger partial charge in [-0.15, -0.1) is 0 Å². The Morgan fingerprint density at radius 2 is 1.62 bits per heavy atom. The number of piperidine rings is 1. The SMILES string of the molecule is C[C@@H]1CN(c2cc(-c3n[nH]c4ccc([N+](=O)[O-])cc34)ccn2)C[C@H](C)N1CCOCCN1CCN(c2ccc3c(c2)C(=O)N(C2CCC(=O)NC2=O)C3=O)CC1. The van der Waals surface area contributed by atoms with E-state index in [1.165, 1.54) is 6.07 Å². The maximum Gasteiger partial charge on any atom is 0.270 e. The molecule has 2 aromatic heterocycles. The molecule has 17 nitrogen and oxygen atoms in total. The number of aromatic amines is 1. The Labute approximate surface area is 322 Å². The number of hydrogen-bond acceptors (Lipinski definition) is 13. The van der Waals surface area contributed by atoms with E-state index in [4.69, 9.17) is 4.74 Å². The second-order valence-electron chi connectivity index (χ2n) is 14.9. The van der Waals surface area contributed by atoms with Crippen LogP contribution in [-0.2, 0) is 14.3 Å². The number of ether oxygens (including phenoxy) is 1. The maximum atomic E-state index is 13.3. The van der Waals surface area contributed by atoms with Crippen molar-refractivity contribution in [3.8, 4) is 11.3 Å². The van der Waals surface area contributed by atoms with Gasteiger partial charge in [-0.05, 0) is 56.7 Å². The minimum absolute atomic E-state index is 0.0213. The molecule has 2 aromatic carbocycles. The average molecular weight is 765 g/mol. The first kappa shape index (κ1) is 37.2. The van der Waals surface area contributed by atoms with Crippen LogP contribution in [0.2, 0.25) is 0 Å². The molecule has 0 bridgehead atoms. The number of nitro groups is 1. The number of pyridine rings is 1. The molecule has 8 rings (SSSR count). The highest BCUT2D eigenvalue weighted by Crippen LogP contribution is 2.33. The molecular weight excluding hydrogens is 720 g/mol. The number of rotatable bonds is 11. The molecule has 4 aliphatic heterocycles. The Kier molecular flexibility index (Phi) is 10.2. The van der Waals surface area contributed by atoms with Crippen molar-refractivity contribution in [3.05, 3.63) is 76.0 Å². The summed E-state index contributed by atoms with van der Waals surface area (Å²) in [6, 6.07) is 13.4. The van der Waals surface area contributed by atoms with Crippen LogP contribution >= 0.6 is 0 Å². The Hall–Kier alpha value is -5.78. The summed E-state index contributed by atoms with van der Waals surface area (Å²) >= 11 is 0. The number of anilines is 2. The molecule has 2 N–H and O–H groups in total. The van der Waals surface area contributed by atoms with Gasteiger partial charge >= 0.3 is 0 Å². The maximum absolute atomic E-state index is 13.3. The highest BCUT2D eigenvalue weighted by Gasteiger charge is 2.45. The van der Waals surface area contributed by atoms with Crippen LogP contribution in [0.1, 0.15) is 47.4 Å². The predicted molar refractivity (Wildman–Crippen MR) is 206 cm³/mol. The van der Waals surface area contributed by atoms with Crippen molar-refractivity contribution in [2.45, 2.75) is 44.8 Å². The molecule has 0 aliphatic carbocycles. The van der Waals surface area contributed by atoms with Crippen molar-refractivity contribution < 1.29 is 28.8 Å². The second kappa shape index (κ2) is 15.4. The standard InChI is InChI=1S/C39H44N10O7/c1-24-22-46(34-19-26(9-10-40-34)36-31-21-28(49(54)55)4-6-32(31)42-43-36)23-25(2)47(24)16-18-56-17-15-44-11-13-45(14-12-44)27-3-5-29-30(20-27)39(53)48(38(29)52)33-7-8-35(50)41-37(33)51/h3-6,9-10,19-21,24-25,33H,7-8,11-18,22-23H2,1-2H3,(H,42,43)(H,41,50,51)/t24-,25+,33?. The minimum Gasteiger partial charge on any atom is -0.379 e. The highest BCUT2D eigenvalue weighted by atomic mass is 16.6. The Bertz CT molecular complexity index is 2190. The molecule has 0 saturated carbocycles. The van der Waals surface area contributed by atoms with Gasteiger partial charge in [0.1, 0.15) is 17.6 Å². The molecule has 3 atom stereocenters. The molecule has 56 heavy (non-hydrogen) atoms. The van der Waals surface area contributed by atoms with Gasteiger partial charge in [-0.1, -0.05) is 0 Å². The topological polar surface area (TPSA) is 190 Å². The van der Waals surface area contributed by atoms with Crippen molar-refractivity contribution in [1.82, 2.24) is 35.2 Å². The first-order valence-corrected chi connectivity index (χ1v) is 19.1. The Balaban J connectivity index is 0.782. The number of carbonyl (C=O) groups excluding carboxylic acids is 4. The number of nitro benzene ring substituents is 1.